The molecule has 1 amide bonds. The van der Waals surface area contributed by atoms with Crippen molar-refractivity contribution in [3.8, 4) is 5.75 Å². The summed E-state index contributed by atoms with van der Waals surface area (Å²) >= 11 is 0. The number of nitrogens with zero attached hydrogens (tertiary/aromatic N) is 2. The predicted molar refractivity (Wildman–Crippen MR) is 183 cm³/mol. The van der Waals surface area contributed by atoms with Crippen molar-refractivity contribution in [2.75, 3.05) is 44.6 Å². The monoisotopic (exact) mass is 657 g/mol. The molecule has 2 aromatic carbocycles. The van der Waals surface area contributed by atoms with E-state index in [1.165, 1.54) is 32.1 Å². The minimum absolute atomic E-state index is 0.0128. The predicted octanol–water partition coefficient (Wildman–Crippen LogP) is 6.10. The van der Waals surface area contributed by atoms with Crippen LogP contribution in [0.2, 0.25) is 0 Å². The molecule has 256 valence electrons. The van der Waals surface area contributed by atoms with Crippen molar-refractivity contribution < 1.29 is 27.8 Å². The summed E-state index contributed by atoms with van der Waals surface area (Å²) in [5.41, 5.74) is 1.48. The topological polar surface area (TPSA) is 108 Å². The SMILES string of the molecule is Cc1ccc(S(=O)(=O)Nc2ccc3c(c2)C(=O)N([C@H](C)CO)C[C@H](C)[C@H](CN(C)CC2CCCCC2)OCCCC[C@@H](C)O3)cc1. The van der Waals surface area contributed by atoms with Crippen molar-refractivity contribution in [1.29, 1.82) is 0 Å². The quantitative estimate of drug-likeness (QED) is 0.335. The molecular weight excluding hydrogens is 602 g/mol. The van der Waals surface area contributed by atoms with Gasteiger partial charge in [-0.2, -0.15) is 0 Å². The van der Waals surface area contributed by atoms with Crippen LogP contribution < -0.4 is 9.46 Å². The van der Waals surface area contributed by atoms with Crippen molar-refractivity contribution in [1.82, 2.24) is 9.80 Å². The molecule has 2 N–H and O–H groups in total. The van der Waals surface area contributed by atoms with Crippen LogP contribution in [-0.2, 0) is 14.8 Å². The number of nitrogens with one attached hydrogen (secondary N) is 1. The van der Waals surface area contributed by atoms with Crippen molar-refractivity contribution in [3.05, 3.63) is 53.6 Å². The summed E-state index contributed by atoms with van der Waals surface area (Å²) in [4.78, 5) is 18.6. The number of aryl methyl sites for hydroxylation is 1. The number of fused-ring (bicyclic) bond motifs is 1. The first kappa shape index (κ1) is 36.2. The molecule has 2 aromatic rings. The third-order valence-corrected chi connectivity index (χ3v) is 10.8. The number of hydrogen-bond acceptors (Lipinski definition) is 7. The fourth-order valence-electron chi connectivity index (χ4n) is 6.57. The van der Waals surface area contributed by atoms with Gasteiger partial charge in [0.15, 0.2) is 0 Å². The number of ether oxygens (including phenoxy) is 2. The summed E-state index contributed by atoms with van der Waals surface area (Å²) < 4.78 is 41.9. The van der Waals surface area contributed by atoms with E-state index >= 15 is 0 Å². The molecular formula is C36H55N3O6S. The Kier molecular flexibility index (Phi) is 13.3. The molecule has 10 heteroatoms. The first-order valence-corrected chi connectivity index (χ1v) is 18.6. The Balaban J connectivity index is 1.62. The highest BCUT2D eigenvalue weighted by Gasteiger charge is 2.31. The minimum atomic E-state index is -3.88. The van der Waals surface area contributed by atoms with E-state index in [-0.39, 0.29) is 46.8 Å². The van der Waals surface area contributed by atoms with Crippen molar-refractivity contribution in [2.45, 2.75) is 102 Å². The van der Waals surface area contributed by atoms with E-state index in [0.29, 0.717) is 18.9 Å². The zero-order valence-electron chi connectivity index (χ0n) is 28.4. The Morgan fingerprint density at radius 2 is 1.70 bits per heavy atom. The van der Waals surface area contributed by atoms with Crippen LogP contribution in [0.25, 0.3) is 0 Å². The number of aliphatic hydroxyl groups excluding tert-OH is 1. The van der Waals surface area contributed by atoms with Crippen LogP contribution in [0.15, 0.2) is 47.4 Å². The lowest BCUT2D eigenvalue weighted by Gasteiger charge is -2.36. The summed E-state index contributed by atoms with van der Waals surface area (Å²) in [6.45, 7) is 10.4. The normalized spacial score (nSPS) is 23.3. The molecule has 1 fully saturated rings. The van der Waals surface area contributed by atoms with Crippen LogP contribution in [0.5, 0.6) is 5.75 Å². The number of sulfonamides is 1. The minimum Gasteiger partial charge on any atom is -0.490 e. The molecule has 1 aliphatic heterocycles. The average molecular weight is 658 g/mol. The molecule has 9 nitrogen and oxygen atoms in total. The van der Waals surface area contributed by atoms with Gasteiger partial charge in [-0.1, -0.05) is 43.9 Å². The van der Waals surface area contributed by atoms with E-state index in [0.717, 1.165) is 43.8 Å². The Labute approximate surface area is 276 Å². The smallest absolute Gasteiger partial charge is 0.261 e. The second-order valence-corrected chi connectivity index (χ2v) is 15.3. The van der Waals surface area contributed by atoms with Gasteiger partial charge in [0, 0.05) is 37.8 Å². The second kappa shape index (κ2) is 16.9. The highest BCUT2D eigenvalue weighted by Crippen LogP contribution is 2.30. The second-order valence-electron chi connectivity index (χ2n) is 13.7. The molecule has 4 rings (SSSR count). The van der Waals surface area contributed by atoms with Gasteiger partial charge in [0.1, 0.15) is 5.75 Å². The number of amides is 1. The van der Waals surface area contributed by atoms with Crippen LogP contribution in [0.3, 0.4) is 0 Å². The van der Waals surface area contributed by atoms with Gasteiger partial charge in [-0.15, -0.1) is 0 Å². The molecule has 46 heavy (non-hydrogen) atoms. The molecule has 2 aliphatic rings. The van der Waals surface area contributed by atoms with Crippen LogP contribution in [0.1, 0.15) is 88.1 Å². The Bertz CT molecular complexity index is 1360. The highest BCUT2D eigenvalue weighted by atomic mass is 32.2. The van der Waals surface area contributed by atoms with E-state index in [2.05, 4.69) is 23.6 Å². The fraction of sp³-hybridized carbons (Fsp3) is 0.639. The van der Waals surface area contributed by atoms with Crippen molar-refractivity contribution >= 4 is 21.6 Å². The number of aliphatic hydroxyl groups is 1. The maximum absolute atomic E-state index is 14.4. The largest absolute Gasteiger partial charge is 0.490 e. The lowest BCUT2D eigenvalue weighted by Crippen LogP contribution is -2.47. The van der Waals surface area contributed by atoms with Gasteiger partial charge in [0.2, 0.25) is 0 Å². The van der Waals surface area contributed by atoms with Crippen LogP contribution >= 0.6 is 0 Å². The first-order chi connectivity index (χ1) is 22.0. The third kappa shape index (κ3) is 10.2. The van der Waals surface area contributed by atoms with Gasteiger partial charge in [-0.25, -0.2) is 8.42 Å². The number of carbonyl (C=O) groups is 1. The van der Waals surface area contributed by atoms with Gasteiger partial charge < -0.3 is 24.4 Å². The van der Waals surface area contributed by atoms with Crippen molar-refractivity contribution in [2.24, 2.45) is 11.8 Å². The van der Waals surface area contributed by atoms with E-state index in [1.807, 2.05) is 20.8 Å². The molecule has 0 spiro atoms. The molecule has 1 heterocycles. The maximum Gasteiger partial charge on any atom is 0.261 e. The highest BCUT2D eigenvalue weighted by molar-refractivity contribution is 7.92. The summed E-state index contributed by atoms with van der Waals surface area (Å²) in [6, 6.07) is 11.0. The van der Waals surface area contributed by atoms with Crippen molar-refractivity contribution in [3.63, 3.8) is 0 Å². The van der Waals surface area contributed by atoms with Gasteiger partial charge in [-0.3, -0.25) is 9.52 Å². The number of rotatable bonds is 9. The molecule has 4 atom stereocenters. The number of likely N-dealkylation sites (N-methyl/N-ethyl adjacent to an activating group) is 1. The Hall–Kier alpha value is -2.66. The summed E-state index contributed by atoms with van der Waals surface area (Å²) in [6.07, 6.45) is 8.89. The van der Waals surface area contributed by atoms with Gasteiger partial charge in [0.05, 0.1) is 35.3 Å². The van der Waals surface area contributed by atoms with E-state index in [4.69, 9.17) is 9.47 Å². The zero-order chi connectivity index (χ0) is 33.3. The lowest BCUT2D eigenvalue weighted by molar-refractivity contribution is -0.0190. The molecule has 1 saturated carbocycles. The van der Waals surface area contributed by atoms with E-state index in [1.54, 1.807) is 47.4 Å². The number of carbonyl (C=O) groups excluding carboxylic acids is 1. The van der Waals surface area contributed by atoms with Crippen LogP contribution in [-0.4, -0.2) is 87.4 Å². The van der Waals surface area contributed by atoms with Gasteiger partial charge >= 0.3 is 0 Å². The molecule has 0 saturated heterocycles. The first-order valence-electron chi connectivity index (χ1n) is 17.1. The third-order valence-electron chi connectivity index (χ3n) is 9.42. The maximum atomic E-state index is 14.4. The summed E-state index contributed by atoms with van der Waals surface area (Å²) in [5.74, 6) is 0.783. The molecule has 1 aliphatic carbocycles. The number of anilines is 1. The zero-order valence-corrected chi connectivity index (χ0v) is 29.2. The number of benzene rings is 2. The fourth-order valence-corrected chi connectivity index (χ4v) is 7.62. The number of hydrogen-bond donors (Lipinski definition) is 2. The molecule has 0 unspecified atom stereocenters. The Morgan fingerprint density at radius 3 is 2.39 bits per heavy atom. The van der Waals surface area contributed by atoms with E-state index in [9.17, 15) is 18.3 Å². The Morgan fingerprint density at radius 1 is 1.00 bits per heavy atom. The molecule has 0 aromatic heterocycles. The van der Waals surface area contributed by atoms with E-state index < -0.39 is 16.1 Å². The lowest BCUT2D eigenvalue weighted by atomic mass is 9.89. The van der Waals surface area contributed by atoms with Gasteiger partial charge in [-0.05, 0) is 96.2 Å². The molecule has 0 radical (unpaired) electrons. The van der Waals surface area contributed by atoms with Gasteiger partial charge in [0.25, 0.3) is 15.9 Å². The van der Waals surface area contributed by atoms with Crippen LogP contribution in [0.4, 0.5) is 5.69 Å². The summed E-state index contributed by atoms with van der Waals surface area (Å²) in [7, 11) is -1.71. The average Bonchev–Trinajstić information content (AvgIpc) is 3.03. The summed E-state index contributed by atoms with van der Waals surface area (Å²) in [5, 5.41) is 10.2. The molecule has 0 bridgehead atoms. The van der Waals surface area contributed by atoms with Crippen LogP contribution in [0, 0.1) is 18.8 Å². The standard InChI is InChI=1S/C36H55N3O6S/c1-26-14-17-32(18-15-26)46(42,43)37-31-16-19-34-33(21-31)36(41)39(28(3)25-40)22-27(2)35(44-20-10-9-11-29(4)45-34)24-38(5)23-30-12-7-6-8-13-30/h14-19,21,27-30,35,37,40H,6-13,20,22-25H2,1-5H3/t27-,28+,29+,35-/m0/s1.